The van der Waals surface area contributed by atoms with Crippen molar-refractivity contribution in [1.29, 1.82) is 0 Å². The van der Waals surface area contributed by atoms with Crippen LogP contribution >= 0.6 is 0 Å². The number of hydrogen-bond donors (Lipinski definition) is 1. The zero-order valence-corrected chi connectivity index (χ0v) is 19.4. The van der Waals surface area contributed by atoms with Gasteiger partial charge >= 0.3 is 6.03 Å². The Labute approximate surface area is 183 Å². The van der Waals surface area contributed by atoms with Gasteiger partial charge in [-0.05, 0) is 37.5 Å². The Bertz CT molecular complexity index is 1010. The number of aryl methyl sites for hydroxylation is 3. The van der Waals surface area contributed by atoms with Crippen LogP contribution in [0.5, 0.6) is 0 Å². The molecule has 2 heterocycles. The van der Waals surface area contributed by atoms with Crippen LogP contribution in [-0.2, 0) is 16.4 Å². The number of sulfonamides is 1. The highest BCUT2D eigenvalue weighted by atomic mass is 32.2. The maximum atomic E-state index is 13.0. The lowest BCUT2D eigenvalue weighted by molar-refractivity contribution is 0.172. The number of aromatic nitrogens is 2. The first-order valence-electron chi connectivity index (χ1n) is 10.6. The summed E-state index contributed by atoms with van der Waals surface area (Å²) in [6, 6.07) is 5.25. The fourth-order valence-corrected chi connectivity index (χ4v) is 5.14. The van der Waals surface area contributed by atoms with Crippen molar-refractivity contribution in [3.05, 3.63) is 41.0 Å². The number of nitrogens with one attached hydrogen (secondary N) is 1. The van der Waals surface area contributed by atoms with Gasteiger partial charge in [-0.3, -0.25) is 0 Å². The van der Waals surface area contributed by atoms with E-state index < -0.39 is 10.0 Å². The van der Waals surface area contributed by atoms with Crippen LogP contribution in [0.3, 0.4) is 0 Å². The molecule has 3 rings (SSSR count). The maximum Gasteiger partial charge on any atom is 0.317 e. The van der Waals surface area contributed by atoms with E-state index >= 15 is 0 Å². The number of benzene rings is 1. The molecule has 1 aliphatic rings. The second-order valence-electron chi connectivity index (χ2n) is 8.20. The first-order chi connectivity index (χ1) is 14.7. The van der Waals surface area contributed by atoms with Crippen molar-refractivity contribution in [2.24, 2.45) is 0 Å². The Balaban J connectivity index is 1.45. The van der Waals surface area contributed by atoms with Gasteiger partial charge in [0.2, 0.25) is 15.9 Å². The zero-order chi connectivity index (χ0) is 22.6. The van der Waals surface area contributed by atoms with Crippen molar-refractivity contribution >= 4 is 16.1 Å². The summed E-state index contributed by atoms with van der Waals surface area (Å²) in [5.41, 5.74) is 1.63. The van der Waals surface area contributed by atoms with E-state index in [1.807, 2.05) is 32.9 Å². The first-order valence-corrected chi connectivity index (χ1v) is 12.0. The van der Waals surface area contributed by atoms with E-state index in [0.29, 0.717) is 49.1 Å². The summed E-state index contributed by atoms with van der Waals surface area (Å²) in [6.07, 6.45) is 1.29. The summed E-state index contributed by atoms with van der Waals surface area (Å²) < 4.78 is 32.7. The third kappa shape index (κ3) is 5.62. The second kappa shape index (κ2) is 9.78. The van der Waals surface area contributed by atoms with Gasteiger partial charge in [-0.15, -0.1) is 0 Å². The number of carbonyl (C=O) groups is 1. The fourth-order valence-electron chi connectivity index (χ4n) is 3.41. The topological polar surface area (TPSA) is 109 Å². The summed E-state index contributed by atoms with van der Waals surface area (Å²) in [5.74, 6) is 1.48. The summed E-state index contributed by atoms with van der Waals surface area (Å²) in [6.45, 7) is 9.44. The second-order valence-corrected chi connectivity index (χ2v) is 10.1. The first kappa shape index (κ1) is 23.2. The Morgan fingerprint density at radius 3 is 2.55 bits per heavy atom. The molecule has 170 valence electrons. The van der Waals surface area contributed by atoms with Gasteiger partial charge in [-0.25, -0.2) is 13.2 Å². The Kier molecular flexibility index (Phi) is 7.32. The van der Waals surface area contributed by atoms with Crippen LogP contribution in [0.15, 0.2) is 27.6 Å². The monoisotopic (exact) mass is 449 g/mol. The van der Waals surface area contributed by atoms with E-state index in [4.69, 9.17) is 4.52 Å². The van der Waals surface area contributed by atoms with Gasteiger partial charge in [0.1, 0.15) is 0 Å². The van der Waals surface area contributed by atoms with E-state index in [1.54, 1.807) is 17.9 Å². The molecule has 0 radical (unpaired) electrons. The number of nitrogens with zero attached hydrogens (tertiary/aromatic N) is 4. The molecule has 10 heteroatoms. The predicted octanol–water partition coefficient (Wildman–Crippen LogP) is 2.46. The maximum absolute atomic E-state index is 13.0. The molecule has 31 heavy (non-hydrogen) atoms. The molecule has 0 unspecified atom stereocenters. The standard InChI is InChI=1S/C21H31N5O4S/c1-15(2)20-23-19(30-24-20)6-5-9-22-21(27)25-10-12-26(13-11-25)31(28,29)18-14-16(3)7-8-17(18)4/h7-8,14-15H,5-6,9-13H2,1-4H3,(H,22,27). The molecule has 0 spiro atoms. The highest BCUT2D eigenvalue weighted by Gasteiger charge is 2.31. The molecule has 2 aromatic rings. The average molecular weight is 450 g/mol. The van der Waals surface area contributed by atoms with Crippen molar-refractivity contribution in [2.45, 2.75) is 51.3 Å². The van der Waals surface area contributed by atoms with E-state index in [9.17, 15) is 13.2 Å². The third-order valence-corrected chi connectivity index (χ3v) is 7.37. The molecule has 1 saturated heterocycles. The van der Waals surface area contributed by atoms with Crippen molar-refractivity contribution in [3.8, 4) is 0 Å². The average Bonchev–Trinajstić information content (AvgIpc) is 3.22. The van der Waals surface area contributed by atoms with Crippen LogP contribution < -0.4 is 5.32 Å². The van der Waals surface area contributed by atoms with Gasteiger partial charge in [0.15, 0.2) is 5.82 Å². The minimum atomic E-state index is -3.57. The smallest absolute Gasteiger partial charge is 0.317 e. The Morgan fingerprint density at radius 1 is 1.19 bits per heavy atom. The molecule has 0 aliphatic carbocycles. The molecule has 1 fully saturated rings. The number of rotatable bonds is 7. The third-order valence-electron chi connectivity index (χ3n) is 5.33. The van der Waals surface area contributed by atoms with Crippen molar-refractivity contribution in [2.75, 3.05) is 32.7 Å². The fraction of sp³-hybridized carbons (Fsp3) is 0.571. The number of amides is 2. The molecular weight excluding hydrogens is 418 g/mol. The van der Waals surface area contributed by atoms with Crippen molar-refractivity contribution in [1.82, 2.24) is 24.7 Å². The summed E-state index contributed by atoms with van der Waals surface area (Å²) in [4.78, 5) is 18.7. The molecule has 1 aromatic heterocycles. The Morgan fingerprint density at radius 2 is 1.90 bits per heavy atom. The molecule has 0 atom stereocenters. The summed E-state index contributed by atoms with van der Waals surface area (Å²) >= 11 is 0. The molecule has 9 nitrogen and oxygen atoms in total. The summed E-state index contributed by atoms with van der Waals surface area (Å²) in [5, 5.41) is 6.81. The van der Waals surface area contributed by atoms with Gasteiger partial charge in [0, 0.05) is 45.1 Å². The number of urea groups is 1. The van der Waals surface area contributed by atoms with E-state index in [1.165, 1.54) is 4.31 Å². The normalized spacial score (nSPS) is 15.5. The van der Waals surface area contributed by atoms with E-state index in [-0.39, 0.29) is 25.0 Å². The van der Waals surface area contributed by atoms with Crippen LogP contribution in [0.25, 0.3) is 0 Å². The van der Waals surface area contributed by atoms with Crippen LogP contribution in [0.1, 0.15) is 49.0 Å². The van der Waals surface area contributed by atoms with Crippen LogP contribution in [-0.4, -0.2) is 66.5 Å². The quantitative estimate of drug-likeness (QED) is 0.651. The zero-order valence-electron chi connectivity index (χ0n) is 18.6. The molecule has 1 aromatic carbocycles. The number of carbonyl (C=O) groups excluding carboxylic acids is 1. The molecule has 1 N–H and O–H groups in total. The molecule has 0 bridgehead atoms. The van der Waals surface area contributed by atoms with Gasteiger partial charge in [0.05, 0.1) is 4.90 Å². The number of hydrogen-bond acceptors (Lipinski definition) is 6. The number of piperazine rings is 1. The van der Waals surface area contributed by atoms with Crippen LogP contribution in [0, 0.1) is 13.8 Å². The van der Waals surface area contributed by atoms with Crippen molar-refractivity contribution in [3.63, 3.8) is 0 Å². The summed E-state index contributed by atoms with van der Waals surface area (Å²) in [7, 11) is -3.57. The molecule has 2 amide bonds. The predicted molar refractivity (Wildman–Crippen MR) is 116 cm³/mol. The largest absolute Gasteiger partial charge is 0.339 e. The van der Waals surface area contributed by atoms with Gasteiger partial charge < -0.3 is 14.7 Å². The molecular formula is C21H31N5O4S. The molecule has 1 aliphatic heterocycles. The van der Waals surface area contributed by atoms with Crippen LogP contribution in [0.2, 0.25) is 0 Å². The highest BCUT2D eigenvalue weighted by Crippen LogP contribution is 2.22. The van der Waals surface area contributed by atoms with Crippen molar-refractivity contribution < 1.29 is 17.7 Å². The van der Waals surface area contributed by atoms with Crippen LogP contribution in [0.4, 0.5) is 4.79 Å². The minimum Gasteiger partial charge on any atom is -0.339 e. The van der Waals surface area contributed by atoms with Gasteiger partial charge in [-0.1, -0.05) is 31.1 Å². The lowest BCUT2D eigenvalue weighted by atomic mass is 10.2. The minimum absolute atomic E-state index is 0.183. The Hall–Kier alpha value is -2.46. The SMILES string of the molecule is Cc1ccc(C)c(S(=O)(=O)N2CCN(C(=O)NCCCc3nc(C(C)C)no3)CC2)c1. The van der Waals surface area contributed by atoms with E-state index in [0.717, 1.165) is 11.1 Å². The molecule has 0 saturated carbocycles. The highest BCUT2D eigenvalue weighted by molar-refractivity contribution is 7.89. The lowest BCUT2D eigenvalue weighted by Crippen LogP contribution is -2.53. The van der Waals surface area contributed by atoms with Gasteiger partial charge in [-0.2, -0.15) is 9.29 Å². The lowest BCUT2D eigenvalue weighted by Gasteiger charge is -2.34. The van der Waals surface area contributed by atoms with Gasteiger partial charge in [0.25, 0.3) is 0 Å². The van der Waals surface area contributed by atoms with E-state index in [2.05, 4.69) is 15.5 Å².